The standard InChI is InChI=1S/C15H22N2O3/c1-19-13-6-3-11(14(9-13)20-2)10-17-15(18)7-8-16-12-4-5-12/h3,6,9,12,16H,4-5,7-8,10H2,1-2H3,(H,17,18). The smallest absolute Gasteiger partial charge is 0.221 e. The monoisotopic (exact) mass is 278 g/mol. The van der Waals surface area contributed by atoms with Crippen molar-refractivity contribution in [2.45, 2.75) is 31.8 Å². The maximum Gasteiger partial charge on any atom is 0.221 e. The van der Waals surface area contributed by atoms with E-state index >= 15 is 0 Å². The lowest BCUT2D eigenvalue weighted by Gasteiger charge is -2.11. The summed E-state index contributed by atoms with van der Waals surface area (Å²) in [6.07, 6.45) is 2.99. The van der Waals surface area contributed by atoms with Crippen molar-refractivity contribution in [2.75, 3.05) is 20.8 Å². The number of benzene rings is 1. The first-order valence-electron chi connectivity index (χ1n) is 6.94. The quantitative estimate of drug-likeness (QED) is 0.756. The molecule has 2 rings (SSSR count). The second-order valence-corrected chi connectivity index (χ2v) is 4.93. The molecule has 5 nitrogen and oxygen atoms in total. The van der Waals surface area contributed by atoms with Gasteiger partial charge in [0.2, 0.25) is 5.91 Å². The summed E-state index contributed by atoms with van der Waals surface area (Å²) in [6.45, 7) is 1.21. The Morgan fingerprint density at radius 2 is 2.10 bits per heavy atom. The fourth-order valence-electron chi connectivity index (χ4n) is 1.96. The summed E-state index contributed by atoms with van der Waals surface area (Å²) in [6, 6.07) is 6.22. The molecule has 0 radical (unpaired) electrons. The molecule has 1 fully saturated rings. The van der Waals surface area contributed by atoms with E-state index in [-0.39, 0.29) is 5.91 Å². The predicted molar refractivity (Wildman–Crippen MR) is 77.0 cm³/mol. The number of ether oxygens (including phenoxy) is 2. The Kier molecular flexibility index (Phi) is 5.24. The summed E-state index contributed by atoms with van der Waals surface area (Å²) in [5.41, 5.74) is 0.941. The average molecular weight is 278 g/mol. The third-order valence-electron chi connectivity index (χ3n) is 3.33. The molecule has 0 bridgehead atoms. The number of nitrogens with one attached hydrogen (secondary N) is 2. The van der Waals surface area contributed by atoms with Crippen molar-refractivity contribution in [1.82, 2.24) is 10.6 Å². The first kappa shape index (κ1) is 14.7. The van der Waals surface area contributed by atoms with Crippen molar-refractivity contribution in [3.05, 3.63) is 23.8 Å². The highest BCUT2D eigenvalue weighted by Gasteiger charge is 2.20. The van der Waals surface area contributed by atoms with Crippen LogP contribution < -0.4 is 20.1 Å². The van der Waals surface area contributed by atoms with Gasteiger partial charge in [0, 0.05) is 37.2 Å². The van der Waals surface area contributed by atoms with Gasteiger partial charge < -0.3 is 20.1 Å². The molecule has 0 heterocycles. The maximum absolute atomic E-state index is 11.7. The van der Waals surface area contributed by atoms with Crippen LogP contribution in [0, 0.1) is 0 Å². The summed E-state index contributed by atoms with van der Waals surface area (Å²) in [4.78, 5) is 11.7. The zero-order valence-electron chi connectivity index (χ0n) is 12.1. The lowest BCUT2D eigenvalue weighted by atomic mass is 10.2. The minimum atomic E-state index is 0.0519. The minimum absolute atomic E-state index is 0.0519. The van der Waals surface area contributed by atoms with E-state index < -0.39 is 0 Å². The molecule has 0 atom stereocenters. The molecule has 5 heteroatoms. The predicted octanol–water partition coefficient (Wildman–Crippen LogP) is 1.46. The SMILES string of the molecule is COc1ccc(CNC(=O)CCNC2CC2)c(OC)c1. The van der Waals surface area contributed by atoms with E-state index in [0.29, 0.717) is 19.0 Å². The van der Waals surface area contributed by atoms with Crippen molar-refractivity contribution in [1.29, 1.82) is 0 Å². The molecule has 20 heavy (non-hydrogen) atoms. The molecular formula is C15H22N2O3. The molecule has 1 aliphatic rings. The Labute approximate surface area is 119 Å². The summed E-state index contributed by atoms with van der Waals surface area (Å²) in [7, 11) is 3.22. The van der Waals surface area contributed by atoms with Gasteiger partial charge in [-0.3, -0.25) is 4.79 Å². The summed E-state index contributed by atoms with van der Waals surface area (Å²) < 4.78 is 10.4. The van der Waals surface area contributed by atoms with Crippen molar-refractivity contribution in [3.63, 3.8) is 0 Å². The number of rotatable bonds is 8. The van der Waals surface area contributed by atoms with Crippen LogP contribution in [0.1, 0.15) is 24.8 Å². The molecule has 0 aromatic heterocycles. The Balaban J connectivity index is 1.78. The Morgan fingerprint density at radius 1 is 1.30 bits per heavy atom. The van der Waals surface area contributed by atoms with E-state index in [2.05, 4.69) is 10.6 Å². The van der Waals surface area contributed by atoms with Crippen molar-refractivity contribution in [3.8, 4) is 11.5 Å². The molecule has 1 saturated carbocycles. The highest BCUT2D eigenvalue weighted by Crippen LogP contribution is 2.24. The Morgan fingerprint density at radius 3 is 2.75 bits per heavy atom. The molecule has 2 N–H and O–H groups in total. The number of hydrogen-bond donors (Lipinski definition) is 2. The van der Waals surface area contributed by atoms with Gasteiger partial charge in [-0.05, 0) is 25.0 Å². The fraction of sp³-hybridized carbons (Fsp3) is 0.533. The second kappa shape index (κ2) is 7.14. The second-order valence-electron chi connectivity index (χ2n) is 4.93. The third-order valence-corrected chi connectivity index (χ3v) is 3.33. The molecule has 1 aliphatic carbocycles. The molecular weight excluding hydrogens is 256 g/mol. The first-order valence-corrected chi connectivity index (χ1v) is 6.94. The molecule has 1 amide bonds. The number of carbonyl (C=O) groups is 1. The number of hydrogen-bond acceptors (Lipinski definition) is 4. The zero-order chi connectivity index (χ0) is 14.4. The van der Waals surface area contributed by atoms with Crippen LogP contribution in [0.15, 0.2) is 18.2 Å². The topological polar surface area (TPSA) is 59.6 Å². The largest absolute Gasteiger partial charge is 0.497 e. The molecule has 1 aromatic rings. The van der Waals surface area contributed by atoms with Gasteiger partial charge in [0.1, 0.15) is 11.5 Å². The van der Waals surface area contributed by atoms with Crippen molar-refractivity contribution >= 4 is 5.91 Å². The molecule has 0 unspecified atom stereocenters. The minimum Gasteiger partial charge on any atom is -0.497 e. The van der Waals surface area contributed by atoms with E-state index in [1.165, 1.54) is 12.8 Å². The highest BCUT2D eigenvalue weighted by molar-refractivity contribution is 5.76. The van der Waals surface area contributed by atoms with Crippen LogP contribution in [-0.2, 0) is 11.3 Å². The van der Waals surface area contributed by atoms with Crippen molar-refractivity contribution in [2.24, 2.45) is 0 Å². The first-order chi connectivity index (χ1) is 9.72. The molecule has 110 valence electrons. The summed E-state index contributed by atoms with van der Waals surface area (Å²) in [5.74, 6) is 1.52. The van der Waals surface area contributed by atoms with Gasteiger partial charge >= 0.3 is 0 Å². The van der Waals surface area contributed by atoms with Gasteiger partial charge in [0.05, 0.1) is 14.2 Å². The van der Waals surface area contributed by atoms with Gasteiger partial charge in [0.15, 0.2) is 0 Å². The van der Waals surface area contributed by atoms with Crippen LogP contribution in [0.5, 0.6) is 11.5 Å². The van der Waals surface area contributed by atoms with Crippen molar-refractivity contribution < 1.29 is 14.3 Å². The lowest BCUT2D eigenvalue weighted by molar-refractivity contribution is -0.121. The summed E-state index contributed by atoms with van der Waals surface area (Å²) >= 11 is 0. The van der Waals surface area contributed by atoms with Crippen LogP contribution in [0.3, 0.4) is 0 Å². The average Bonchev–Trinajstić information content (AvgIpc) is 3.29. The highest BCUT2D eigenvalue weighted by atomic mass is 16.5. The molecule has 0 spiro atoms. The van der Waals surface area contributed by atoms with Crippen LogP contribution in [0.25, 0.3) is 0 Å². The third kappa shape index (κ3) is 4.42. The van der Waals surface area contributed by atoms with Gasteiger partial charge in [-0.2, -0.15) is 0 Å². The fourth-order valence-corrected chi connectivity index (χ4v) is 1.96. The Hall–Kier alpha value is -1.75. The zero-order valence-corrected chi connectivity index (χ0v) is 12.1. The maximum atomic E-state index is 11.7. The lowest BCUT2D eigenvalue weighted by Crippen LogP contribution is -2.28. The van der Waals surface area contributed by atoms with Crippen LogP contribution >= 0.6 is 0 Å². The van der Waals surface area contributed by atoms with Crippen LogP contribution in [0.4, 0.5) is 0 Å². The number of carbonyl (C=O) groups excluding carboxylic acids is 1. The Bertz CT molecular complexity index is 458. The van der Waals surface area contributed by atoms with Crippen LogP contribution in [0.2, 0.25) is 0 Å². The van der Waals surface area contributed by atoms with E-state index in [1.807, 2.05) is 18.2 Å². The van der Waals surface area contributed by atoms with Gasteiger partial charge in [-0.15, -0.1) is 0 Å². The van der Waals surface area contributed by atoms with Gasteiger partial charge in [-0.1, -0.05) is 0 Å². The number of amides is 1. The van der Waals surface area contributed by atoms with E-state index in [4.69, 9.17) is 9.47 Å². The van der Waals surface area contributed by atoms with Gasteiger partial charge in [0.25, 0.3) is 0 Å². The van der Waals surface area contributed by atoms with Crippen LogP contribution in [-0.4, -0.2) is 32.7 Å². The molecule has 1 aromatic carbocycles. The summed E-state index contributed by atoms with van der Waals surface area (Å²) in [5, 5.41) is 6.23. The van der Waals surface area contributed by atoms with E-state index in [1.54, 1.807) is 14.2 Å². The van der Waals surface area contributed by atoms with E-state index in [0.717, 1.165) is 23.6 Å². The molecule has 0 aliphatic heterocycles. The van der Waals surface area contributed by atoms with Gasteiger partial charge in [-0.25, -0.2) is 0 Å². The van der Waals surface area contributed by atoms with E-state index in [9.17, 15) is 4.79 Å². The molecule has 0 saturated heterocycles. The normalized spacial score (nSPS) is 13.9. The number of methoxy groups -OCH3 is 2.